The number of carbonyl (C=O) groups is 1. The summed E-state index contributed by atoms with van der Waals surface area (Å²) in [5.41, 5.74) is 0.681. The van der Waals surface area contributed by atoms with Crippen molar-refractivity contribution in [2.24, 2.45) is 0 Å². The summed E-state index contributed by atoms with van der Waals surface area (Å²) in [4.78, 5) is 27.4. The number of pyridine rings is 1. The molecule has 150 valence electrons. The monoisotopic (exact) mass is 392 g/mol. The Morgan fingerprint density at radius 3 is 2.44 bits per heavy atom. The first-order chi connectivity index (χ1) is 12.4. The zero-order valence-corrected chi connectivity index (χ0v) is 18.8. The molecule has 2 atom stereocenters. The number of amides is 1. The van der Waals surface area contributed by atoms with Gasteiger partial charge in [-0.15, -0.1) is 0 Å². The number of hydrogen-bond donors (Lipinski definition) is 0. The molecule has 3 heterocycles. The molecule has 1 aromatic heterocycles. The molecule has 3 rings (SSSR count). The molecule has 1 aromatic rings. The van der Waals surface area contributed by atoms with Crippen LogP contribution in [0.2, 0.25) is 18.1 Å². The minimum Gasteiger partial charge on any atom is -0.491 e. The second-order valence-electron chi connectivity index (χ2n) is 9.46. The van der Waals surface area contributed by atoms with Crippen molar-refractivity contribution in [3.05, 3.63) is 27.7 Å². The molecule has 2 aliphatic rings. The third kappa shape index (κ3) is 2.86. The molecule has 0 saturated carbocycles. The lowest BCUT2D eigenvalue weighted by Crippen LogP contribution is -2.51. The Bertz CT molecular complexity index is 840. The van der Waals surface area contributed by atoms with Crippen LogP contribution in [0.5, 0.6) is 5.75 Å². The van der Waals surface area contributed by atoms with Gasteiger partial charge in [-0.05, 0) is 24.6 Å². The van der Waals surface area contributed by atoms with Gasteiger partial charge in [-0.25, -0.2) is 0 Å². The Morgan fingerprint density at radius 1 is 1.30 bits per heavy atom. The van der Waals surface area contributed by atoms with Gasteiger partial charge < -0.3 is 18.6 Å². The predicted molar refractivity (Wildman–Crippen MR) is 108 cm³/mol. The maximum atomic E-state index is 12.9. The summed E-state index contributed by atoms with van der Waals surface area (Å²) in [6.45, 7) is 13.8. The largest absolute Gasteiger partial charge is 0.491 e. The maximum absolute atomic E-state index is 12.9. The molecule has 2 aliphatic heterocycles. The van der Waals surface area contributed by atoms with Crippen molar-refractivity contribution in [2.45, 2.75) is 70.3 Å². The first kappa shape index (κ1) is 20.1. The fourth-order valence-corrected chi connectivity index (χ4v) is 5.44. The molecular weight excluding hydrogens is 360 g/mol. The summed E-state index contributed by atoms with van der Waals surface area (Å²) in [6.07, 6.45) is 1.45. The predicted octanol–water partition coefficient (Wildman–Crippen LogP) is 3.51. The summed E-state index contributed by atoms with van der Waals surface area (Å²) in [7, 11) is 1.20. The van der Waals surface area contributed by atoms with E-state index in [0.717, 1.165) is 18.5 Å². The van der Waals surface area contributed by atoms with E-state index in [9.17, 15) is 9.59 Å². The number of nitrogens with zero attached hydrogens (tertiary/aromatic N) is 2. The summed E-state index contributed by atoms with van der Waals surface area (Å²) in [5, 5.41) is 0.0671. The molecule has 0 saturated heterocycles. The van der Waals surface area contributed by atoms with Gasteiger partial charge in [0.05, 0.1) is 24.4 Å². The number of likely N-dealkylation sites (N-methyl/N-ethyl adjacent to an activating group) is 1. The first-order valence-electron chi connectivity index (χ1n) is 9.66. The number of methoxy groups -OCH3 is 1. The average Bonchev–Trinajstić information content (AvgIpc) is 2.84. The van der Waals surface area contributed by atoms with E-state index in [0.29, 0.717) is 12.2 Å². The van der Waals surface area contributed by atoms with Crippen LogP contribution in [0.4, 0.5) is 0 Å². The van der Waals surface area contributed by atoms with E-state index in [4.69, 9.17) is 9.16 Å². The van der Waals surface area contributed by atoms with Gasteiger partial charge in [-0.3, -0.25) is 9.59 Å². The number of hydrogen-bond acceptors (Lipinski definition) is 4. The zero-order chi connectivity index (χ0) is 20.4. The summed E-state index contributed by atoms with van der Waals surface area (Å²) >= 11 is 0. The molecule has 0 bridgehead atoms. The number of aromatic nitrogens is 1. The van der Waals surface area contributed by atoms with Crippen LogP contribution in [0.3, 0.4) is 0 Å². The van der Waals surface area contributed by atoms with E-state index in [1.807, 2.05) is 0 Å². The summed E-state index contributed by atoms with van der Waals surface area (Å²) in [5.74, 6) is -0.0241. The van der Waals surface area contributed by atoms with Crippen molar-refractivity contribution in [2.75, 3.05) is 20.7 Å². The smallest absolute Gasteiger partial charge is 0.274 e. The van der Waals surface area contributed by atoms with Crippen LogP contribution in [0.15, 0.2) is 10.9 Å². The fraction of sp³-hybridized carbons (Fsp3) is 0.700. The van der Waals surface area contributed by atoms with E-state index in [1.54, 1.807) is 18.0 Å². The van der Waals surface area contributed by atoms with Crippen molar-refractivity contribution in [1.29, 1.82) is 0 Å². The van der Waals surface area contributed by atoms with Gasteiger partial charge in [0, 0.05) is 26.1 Å². The molecular formula is C20H32N2O4Si. The lowest BCUT2D eigenvalue weighted by atomic mass is 9.89. The van der Waals surface area contributed by atoms with Crippen LogP contribution in [0.25, 0.3) is 0 Å². The number of carbonyl (C=O) groups excluding carboxylic acids is 1. The summed E-state index contributed by atoms with van der Waals surface area (Å²) < 4.78 is 14.2. The van der Waals surface area contributed by atoms with Gasteiger partial charge in [0.15, 0.2) is 19.8 Å². The molecule has 0 spiro atoms. The lowest BCUT2D eigenvalue weighted by Gasteiger charge is -2.41. The van der Waals surface area contributed by atoms with E-state index >= 15 is 0 Å². The standard InChI is InChI=1S/C20H32N2O4Si/c1-9-20-11-15(26-27(7,8)19(2,3)4)13-10-14(23)17(25-6)16(22(13)20)18(24)21(5)12-20/h10,15H,9,11-12H2,1-8H3. The Morgan fingerprint density at radius 2 is 1.93 bits per heavy atom. The number of ether oxygens (including phenoxy) is 1. The van der Waals surface area contributed by atoms with Crippen LogP contribution in [0.1, 0.15) is 62.8 Å². The van der Waals surface area contributed by atoms with Gasteiger partial charge in [0.2, 0.25) is 5.43 Å². The van der Waals surface area contributed by atoms with E-state index in [2.05, 4.69) is 45.4 Å². The highest BCUT2D eigenvalue weighted by Gasteiger charge is 2.52. The quantitative estimate of drug-likeness (QED) is 0.736. The van der Waals surface area contributed by atoms with Gasteiger partial charge in [-0.1, -0.05) is 27.7 Å². The van der Waals surface area contributed by atoms with Crippen LogP contribution >= 0.6 is 0 Å². The van der Waals surface area contributed by atoms with E-state index in [1.165, 1.54) is 7.11 Å². The molecule has 7 heteroatoms. The molecule has 0 radical (unpaired) electrons. The van der Waals surface area contributed by atoms with Gasteiger partial charge in [-0.2, -0.15) is 0 Å². The van der Waals surface area contributed by atoms with Crippen LogP contribution in [0, 0.1) is 0 Å². The molecule has 27 heavy (non-hydrogen) atoms. The van der Waals surface area contributed by atoms with Crippen molar-refractivity contribution in [3.63, 3.8) is 0 Å². The Hall–Kier alpha value is -1.60. The molecule has 0 aliphatic carbocycles. The van der Waals surface area contributed by atoms with Gasteiger partial charge in [0.25, 0.3) is 5.91 Å². The lowest BCUT2D eigenvalue weighted by molar-refractivity contribution is 0.0573. The molecule has 0 aromatic carbocycles. The normalized spacial score (nSPS) is 25.0. The van der Waals surface area contributed by atoms with Crippen molar-refractivity contribution in [3.8, 4) is 5.75 Å². The third-order valence-corrected chi connectivity index (χ3v) is 11.2. The first-order valence-corrected chi connectivity index (χ1v) is 12.6. The van der Waals surface area contributed by atoms with Crippen molar-refractivity contribution in [1.82, 2.24) is 9.47 Å². The second-order valence-corrected chi connectivity index (χ2v) is 14.2. The highest BCUT2D eigenvalue weighted by molar-refractivity contribution is 6.74. The van der Waals surface area contributed by atoms with E-state index < -0.39 is 8.32 Å². The maximum Gasteiger partial charge on any atom is 0.274 e. The van der Waals surface area contributed by atoms with Crippen LogP contribution in [-0.4, -0.2) is 44.4 Å². The highest BCUT2D eigenvalue weighted by atomic mass is 28.4. The average molecular weight is 393 g/mol. The molecule has 6 nitrogen and oxygen atoms in total. The minimum absolute atomic E-state index is 0.0671. The second kappa shape index (κ2) is 6.20. The van der Waals surface area contributed by atoms with Gasteiger partial charge >= 0.3 is 0 Å². The highest BCUT2D eigenvalue weighted by Crippen LogP contribution is 2.50. The van der Waals surface area contributed by atoms with Crippen molar-refractivity contribution >= 4 is 14.2 Å². The molecule has 2 unspecified atom stereocenters. The number of rotatable bonds is 4. The van der Waals surface area contributed by atoms with Crippen LogP contribution in [-0.2, 0) is 9.96 Å². The van der Waals surface area contributed by atoms with Crippen molar-refractivity contribution < 1.29 is 14.0 Å². The zero-order valence-electron chi connectivity index (χ0n) is 17.8. The molecule has 1 amide bonds. The minimum atomic E-state index is -2.04. The SMILES string of the molecule is CCC12CC(O[Si](C)(C)C(C)(C)C)c3cc(=O)c(OC)c(n31)C(=O)N(C)C2. The Balaban J connectivity index is 2.22. The third-order valence-electron chi connectivity index (χ3n) is 6.76. The van der Waals surface area contributed by atoms with E-state index in [-0.39, 0.29) is 33.8 Å². The summed E-state index contributed by atoms with van der Waals surface area (Å²) in [6, 6.07) is 1.62. The fourth-order valence-electron chi connectivity index (χ4n) is 4.17. The topological polar surface area (TPSA) is 60.8 Å². The Labute approximate surface area is 162 Å². The molecule has 0 N–H and O–H groups in total. The Kier molecular flexibility index (Phi) is 4.63. The van der Waals surface area contributed by atoms with Crippen LogP contribution < -0.4 is 10.2 Å². The van der Waals surface area contributed by atoms with Gasteiger partial charge in [0.1, 0.15) is 0 Å². The molecule has 0 fully saturated rings.